The van der Waals surface area contributed by atoms with Crippen molar-refractivity contribution in [2.24, 2.45) is 5.73 Å². The molecule has 1 saturated heterocycles. The lowest BCUT2D eigenvalue weighted by Crippen LogP contribution is -2.55. The van der Waals surface area contributed by atoms with E-state index < -0.39 is 6.04 Å². The van der Waals surface area contributed by atoms with Gasteiger partial charge in [-0.2, -0.15) is 0 Å². The average molecular weight is 272 g/mol. The summed E-state index contributed by atoms with van der Waals surface area (Å²) in [5.41, 5.74) is 5.82. The van der Waals surface area contributed by atoms with Crippen LogP contribution in [0.15, 0.2) is 0 Å². The van der Waals surface area contributed by atoms with Crippen LogP contribution in [0.25, 0.3) is 0 Å². The molecule has 0 radical (unpaired) electrons. The number of ether oxygens (including phenoxy) is 1. The van der Waals surface area contributed by atoms with Crippen molar-refractivity contribution in [3.05, 3.63) is 0 Å². The lowest BCUT2D eigenvalue weighted by atomic mass is 10.2. The average Bonchev–Trinajstić information content (AvgIpc) is 2.43. The summed E-state index contributed by atoms with van der Waals surface area (Å²) in [5, 5.41) is 0. The first kappa shape index (κ1) is 15.7. The van der Waals surface area contributed by atoms with Crippen LogP contribution in [-0.2, 0) is 9.53 Å². The SMILES string of the molecule is COCCC(N)C(=O)N1CCN(C(=O)N(C)C)CC1. The number of carbonyl (C=O) groups is 2. The highest BCUT2D eigenvalue weighted by molar-refractivity contribution is 5.82. The van der Waals surface area contributed by atoms with Crippen LogP contribution in [0.3, 0.4) is 0 Å². The molecule has 1 rings (SSSR count). The molecule has 7 nitrogen and oxygen atoms in total. The van der Waals surface area contributed by atoms with Crippen molar-refractivity contribution in [1.29, 1.82) is 0 Å². The van der Waals surface area contributed by atoms with Crippen LogP contribution in [0.4, 0.5) is 4.79 Å². The Morgan fingerprint density at radius 2 is 1.74 bits per heavy atom. The van der Waals surface area contributed by atoms with E-state index in [1.807, 2.05) is 0 Å². The van der Waals surface area contributed by atoms with Gasteiger partial charge in [-0.25, -0.2) is 4.79 Å². The maximum absolute atomic E-state index is 12.0. The number of amides is 3. The molecule has 0 spiro atoms. The monoisotopic (exact) mass is 272 g/mol. The third-order valence-corrected chi connectivity index (χ3v) is 3.19. The van der Waals surface area contributed by atoms with Gasteiger partial charge in [0.15, 0.2) is 0 Å². The topological polar surface area (TPSA) is 79.1 Å². The first-order valence-corrected chi connectivity index (χ1v) is 6.47. The second-order valence-electron chi connectivity index (χ2n) is 4.88. The van der Waals surface area contributed by atoms with E-state index in [4.69, 9.17) is 10.5 Å². The largest absolute Gasteiger partial charge is 0.385 e. The molecule has 3 amide bonds. The maximum atomic E-state index is 12.0. The van der Waals surface area contributed by atoms with Gasteiger partial charge in [-0.1, -0.05) is 0 Å². The van der Waals surface area contributed by atoms with E-state index in [-0.39, 0.29) is 11.9 Å². The fraction of sp³-hybridized carbons (Fsp3) is 0.833. The zero-order chi connectivity index (χ0) is 14.4. The zero-order valence-corrected chi connectivity index (χ0v) is 12.0. The number of nitrogens with zero attached hydrogens (tertiary/aromatic N) is 3. The molecule has 0 aliphatic carbocycles. The van der Waals surface area contributed by atoms with Gasteiger partial charge in [0.05, 0.1) is 6.04 Å². The number of urea groups is 1. The fourth-order valence-electron chi connectivity index (χ4n) is 2.00. The third kappa shape index (κ3) is 4.36. The number of carbonyl (C=O) groups excluding carboxylic acids is 2. The van der Waals surface area contributed by atoms with E-state index in [1.54, 1.807) is 35.9 Å². The van der Waals surface area contributed by atoms with E-state index in [0.29, 0.717) is 39.2 Å². The molecule has 1 aliphatic heterocycles. The van der Waals surface area contributed by atoms with Gasteiger partial charge in [0.1, 0.15) is 0 Å². The van der Waals surface area contributed by atoms with E-state index in [2.05, 4.69) is 0 Å². The Balaban J connectivity index is 2.41. The van der Waals surface area contributed by atoms with Crippen LogP contribution < -0.4 is 5.73 Å². The Morgan fingerprint density at radius 1 is 1.21 bits per heavy atom. The van der Waals surface area contributed by atoms with E-state index >= 15 is 0 Å². The molecule has 0 aromatic rings. The standard InChI is InChI=1S/C12H24N4O3/c1-14(2)12(18)16-7-5-15(6-8-16)11(17)10(13)4-9-19-3/h10H,4-9,13H2,1-3H3. The van der Waals surface area contributed by atoms with Crippen LogP contribution in [0.5, 0.6) is 0 Å². The van der Waals surface area contributed by atoms with E-state index in [9.17, 15) is 9.59 Å². The fourth-order valence-corrected chi connectivity index (χ4v) is 2.00. The molecule has 1 aliphatic rings. The van der Waals surface area contributed by atoms with Crippen LogP contribution in [-0.4, -0.2) is 86.7 Å². The summed E-state index contributed by atoms with van der Waals surface area (Å²) in [6, 6.07) is -0.535. The van der Waals surface area contributed by atoms with Crippen LogP contribution >= 0.6 is 0 Å². The molecular formula is C12H24N4O3. The molecule has 0 saturated carbocycles. The zero-order valence-electron chi connectivity index (χ0n) is 12.0. The first-order valence-electron chi connectivity index (χ1n) is 6.47. The lowest BCUT2D eigenvalue weighted by Gasteiger charge is -2.36. The minimum Gasteiger partial charge on any atom is -0.385 e. The summed E-state index contributed by atoms with van der Waals surface area (Å²) in [6.45, 7) is 2.67. The van der Waals surface area contributed by atoms with E-state index in [0.717, 1.165) is 0 Å². The summed E-state index contributed by atoms with van der Waals surface area (Å²) in [7, 11) is 5.03. The molecule has 0 bridgehead atoms. The highest BCUT2D eigenvalue weighted by Crippen LogP contribution is 2.06. The van der Waals surface area contributed by atoms with Crippen LogP contribution in [0, 0.1) is 0 Å². The number of nitrogens with two attached hydrogens (primary N) is 1. The predicted molar refractivity (Wildman–Crippen MR) is 71.7 cm³/mol. The van der Waals surface area contributed by atoms with Gasteiger partial charge in [-0.3, -0.25) is 4.79 Å². The smallest absolute Gasteiger partial charge is 0.319 e. The van der Waals surface area contributed by atoms with Crippen molar-refractivity contribution in [3.63, 3.8) is 0 Å². The molecular weight excluding hydrogens is 248 g/mol. The van der Waals surface area contributed by atoms with Crippen molar-refractivity contribution in [2.75, 3.05) is 54.0 Å². The Labute approximate surface area is 114 Å². The third-order valence-electron chi connectivity index (χ3n) is 3.19. The molecule has 1 fully saturated rings. The molecule has 2 N–H and O–H groups in total. The van der Waals surface area contributed by atoms with Crippen LogP contribution in [0.2, 0.25) is 0 Å². The number of rotatable bonds is 4. The molecule has 0 aromatic carbocycles. The second-order valence-corrected chi connectivity index (χ2v) is 4.88. The summed E-state index contributed by atoms with van der Waals surface area (Å²) in [5.74, 6) is -0.0611. The predicted octanol–water partition coefficient (Wildman–Crippen LogP) is -0.824. The van der Waals surface area contributed by atoms with Gasteiger partial charge in [0.2, 0.25) is 5.91 Å². The van der Waals surface area contributed by atoms with Crippen LogP contribution in [0.1, 0.15) is 6.42 Å². The van der Waals surface area contributed by atoms with Crippen molar-refractivity contribution < 1.29 is 14.3 Å². The summed E-state index contributed by atoms with van der Waals surface area (Å²) in [4.78, 5) is 28.8. The summed E-state index contributed by atoms with van der Waals surface area (Å²) >= 11 is 0. The minimum absolute atomic E-state index is 0.0178. The maximum Gasteiger partial charge on any atom is 0.319 e. The van der Waals surface area contributed by atoms with Crippen molar-refractivity contribution in [1.82, 2.24) is 14.7 Å². The quantitative estimate of drug-likeness (QED) is 0.725. The normalized spacial score (nSPS) is 17.3. The summed E-state index contributed by atoms with van der Waals surface area (Å²) in [6.07, 6.45) is 0.520. The van der Waals surface area contributed by atoms with Gasteiger partial charge in [-0.05, 0) is 6.42 Å². The Kier molecular flexibility index (Phi) is 6.04. The van der Waals surface area contributed by atoms with Gasteiger partial charge in [0.25, 0.3) is 0 Å². The Morgan fingerprint density at radius 3 is 2.21 bits per heavy atom. The number of piperazine rings is 1. The summed E-state index contributed by atoms with van der Waals surface area (Å²) < 4.78 is 4.92. The highest BCUT2D eigenvalue weighted by Gasteiger charge is 2.27. The molecule has 1 unspecified atom stereocenters. The van der Waals surface area contributed by atoms with Crippen molar-refractivity contribution in [3.8, 4) is 0 Å². The lowest BCUT2D eigenvalue weighted by molar-refractivity contribution is -0.134. The molecule has 19 heavy (non-hydrogen) atoms. The van der Waals surface area contributed by atoms with Crippen molar-refractivity contribution >= 4 is 11.9 Å². The molecule has 1 heterocycles. The molecule has 110 valence electrons. The van der Waals surface area contributed by atoms with Gasteiger partial charge in [-0.15, -0.1) is 0 Å². The van der Waals surface area contributed by atoms with Gasteiger partial charge >= 0.3 is 6.03 Å². The molecule has 1 atom stereocenters. The number of hydrogen-bond donors (Lipinski definition) is 1. The van der Waals surface area contributed by atoms with Crippen molar-refractivity contribution in [2.45, 2.75) is 12.5 Å². The minimum atomic E-state index is -0.518. The first-order chi connectivity index (χ1) is 8.97. The van der Waals surface area contributed by atoms with Gasteiger partial charge in [0, 0.05) is 54.0 Å². The molecule has 0 aromatic heterocycles. The molecule has 7 heteroatoms. The van der Waals surface area contributed by atoms with E-state index in [1.165, 1.54) is 0 Å². The second kappa shape index (κ2) is 7.30. The number of hydrogen-bond acceptors (Lipinski definition) is 4. The number of methoxy groups -OCH3 is 1. The van der Waals surface area contributed by atoms with Gasteiger partial charge < -0.3 is 25.2 Å². The Bertz CT molecular complexity index is 314. The Hall–Kier alpha value is -1.34. The highest BCUT2D eigenvalue weighted by atomic mass is 16.5.